The molecule has 0 N–H and O–H groups in total. The number of hydrogen-bond donors (Lipinski definition) is 0. The third-order valence-corrected chi connectivity index (χ3v) is 1.92. The quantitative estimate of drug-likeness (QED) is 0.531. The lowest BCUT2D eigenvalue weighted by Gasteiger charge is -2.03. The third-order valence-electron chi connectivity index (χ3n) is 1.92. The van der Waals surface area contributed by atoms with E-state index in [0.717, 1.165) is 25.5 Å². The molecule has 1 aromatic heterocycles. The van der Waals surface area contributed by atoms with Crippen molar-refractivity contribution in [1.29, 1.82) is 0 Å². The van der Waals surface area contributed by atoms with Crippen LogP contribution in [0.5, 0.6) is 0 Å². The Balaban J connectivity index is 2.55. The van der Waals surface area contributed by atoms with Crippen molar-refractivity contribution in [3.8, 4) is 0 Å². The van der Waals surface area contributed by atoms with Gasteiger partial charge in [-0.1, -0.05) is 6.08 Å². The van der Waals surface area contributed by atoms with Crippen LogP contribution in [-0.2, 0) is 6.54 Å². The Bertz CT molecular complexity index is 359. The monoisotopic (exact) mass is 196 g/mol. The normalized spacial score (nSPS) is 10.1. The SMILES string of the molecule is C=CCCCCn1cncc(F)c1=O. The van der Waals surface area contributed by atoms with Gasteiger partial charge < -0.3 is 0 Å². The van der Waals surface area contributed by atoms with Crippen LogP contribution in [-0.4, -0.2) is 9.55 Å². The lowest BCUT2D eigenvalue weighted by atomic mass is 10.2. The van der Waals surface area contributed by atoms with Gasteiger partial charge in [0, 0.05) is 6.54 Å². The van der Waals surface area contributed by atoms with E-state index in [1.165, 1.54) is 10.9 Å². The van der Waals surface area contributed by atoms with E-state index in [9.17, 15) is 9.18 Å². The highest BCUT2D eigenvalue weighted by atomic mass is 19.1. The maximum absolute atomic E-state index is 12.7. The van der Waals surface area contributed by atoms with E-state index in [-0.39, 0.29) is 0 Å². The Hall–Kier alpha value is -1.45. The van der Waals surface area contributed by atoms with Gasteiger partial charge in [-0.2, -0.15) is 4.39 Å². The molecule has 0 saturated heterocycles. The molecule has 4 heteroatoms. The molecule has 0 spiro atoms. The molecule has 1 heterocycles. The van der Waals surface area contributed by atoms with Crippen molar-refractivity contribution in [3.63, 3.8) is 0 Å². The van der Waals surface area contributed by atoms with E-state index in [2.05, 4.69) is 11.6 Å². The van der Waals surface area contributed by atoms with Gasteiger partial charge in [0.2, 0.25) is 5.82 Å². The van der Waals surface area contributed by atoms with Crippen molar-refractivity contribution < 1.29 is 4.39 Å². The van der Waals surface area contributed by atoms with Crippen LogP contribution >= 0.6 is 0 Å². The van der Waals surface area contributed by atoms with Gasteiger partial charge in [0.15, 0.2) is 0 Å². The summed E-state index contributed by atoms with van der Waals surface area (Å²) in [6, 6.07) is 0. The fourth-order valence-electron chi connectivity index (χ4n) is 1.15. The molecule has 76 valence electrons. The van der Waals surface area contributed by atoms with Crippen molar-refractivity contribution in [2.75, 3.05) is 0 Å². The van der Waals surface area contributed by atoms with Crippen LogP contribution in [0.4, 0.5) is 4.39 Å². The second-order valence-electron chi connectivity index (χ2n) is 3.02. The van der Waals surface area contributed by atoms with E-state index >= 15 is 0 Å². The molecule has 1 aromatic rings. The summed E-state index contributed by atoms with van der Waals surface area (Å²) in [5, 5.41) is 0. The number of unbranched alkanes of at least 4 members (excludes halogenated alkanes) is 2. The predicted octanol–water partition coefficient (Wildman–Crippen LogP) is 1.74. The van der Waals surface area contributed by atoms with E-state index in [0.29, 0.717) is 6.54 Å². The first-order valence-electron chi connectivity index (χ1n) is 4.56. The lowest BCUT2D eigenvalue weighted by molar-refractivity contribution is 0.532. The highest BCUT2D eigenvalue weighted by Gasteiger charge is 2.01. The third kappa shape index (κ3) is 2.80. The molecule has 0 aliphatic heterocycles. The van der Waals surface area contributed by atoms with Crippen LogP contribution in [0.25, 0.3) is 0 Å². The largest absolute Gasteiger partial charge is 0.297 e. The summed E-state index contributed by atoms with van der Waals surface area (Å²) >= 11 is 0. The molecule has 0 fully saturated rings. The van der Waals surface area contributed by atoms with Gasteiger partial charge in [0.25, 0.3) is 5.56 Å². The summed E-state index contributed by atoms with van der Waals surface area (Å²) in [5.74, 6) is -0.795. The molecular weight excluding hydrogens is 183 g/mol. The average molecular weight is 196 g/mol. The Labute approximate surface area is 81.9 Å². The van der Waals surface area contributed by atoms with Gasteiger partial charge in [-0.05, 0) is 19.3 Å². The molecule has 14 heavy (non-hydrogen) atoms. The standard InChI is InChI=1S/C10H13FN2O/c1-2-3-4-5-6-13-8-12-7-9(11)10(13)14/h2,7-8H,1,3-6H2. The second kappa shape index (κ2) is 5.32. The van der Waals surface area contributed by atoms with Gasteiger partial charge in [-0.3, -0.25) is 9.36 Å². The maximum Gasteiger partial charge on any atom is 0.289 e. The van der Waals surface area contributed by atoms with E-state index in [1.807, 2.05) is 6.08 Å². The fraction of sp³-hybridized carbons (Fsp3) is 0.400. The molecule has 0 amide bonds. The summed E-state index contributed by atoms with van der Waals surface area (Å²) in [5.41, 5.74) is -0.599. The number of nitrogens with zero attached hydrogens (tertiary/aromatic N) is 2. The van der Waals surface area contributed by atoms with Gasteiger partial charge in [0.05, 0.1) is 12.5 Å². The smallest absolute Gasteiger partial charge is 0.289 e. The number of allylic oxidation sites excluding steroid dienone is 1. The summed E-state index contributed by atoms with van der Waals surface area (Å²) in [6.07, 6.45) is 6.81. The highest BCUT2D eigenvalue weighted by Crippen LogP contribution is 1.97. The first-order chi connectivity index (χ1) is 6.75. The van der Waals surface area contributed by atoms with Crippen LogP contribution in [0.15, 0.2) is 30.0 Å². The molecule has 0 bridgehead atoms. The van der Waals surface area contributed by atoms with E-state index in [1.54, 1.807) is 0 Å². The number of aromatic nitrogens is 2. The number of hydrogen-bond acceptors (Lipinski definition) is 2. The second-order valence-corrected chi connectivity index (χ2v) is 3.02. The minimum atomic E-state index is -0.795. The molecule has 3 nitrogen and oxygen atoms in total. The van der Waals surface area contributed by atoms with Crippen LogP contribution in [0.3, 0.4) is 0 Å². The van der Waals surface area contributed by atoms with Crippen molar-refractivity contribution in [3.05, 3.63) is 41.4 Å². The average Bonchev–Trinajstić information content (AvgIpc) is 2.19. The minimum absolute atomic E-state index is 0.511. The number of halogens is 1. The minimum Gasteiger partial charge on any atom is -0.297 e. The number of rotatable bonds is 5. The van der Waals surface area contributed by atoms with Gasteiger partial charge >= 0.3 is 0 Å². The Kier molecular flexibility index (Phi) is 4.04. The summed E-state index contributed by atoms with van der Waals surface area (Å²) < 4.78 is 14.0. The Morgan fingerprint density at radius 1 is 1.57 bits per heavy atom. The summed E-state index contributed by atoms with van der Waals surface area (Å²) in [6.45, 7) is 4.11. The van der Waals surface area contributed by atoms with Crippen molar-refractivity contribution >= 4 is 0 Å². The van der Waals surface area contributed by atoms with Crippen molar-refractivity contribution in [2.24, 2.45) is 0 Å². The predicted molar refractivity (Wildman–Crippen MR) is 52.5 cm³/mol. The molecule has 0 aromatic carbocycles. The molecule has 0 aliphatic carbocycles. The molecule has 0 aliphatic rings. The molecule has 0 radical (unpaired) electrons. The van der Waals surface area contributed by atoms with Gasteiger partial charge in [-0.25, -0.2) is 4.98 Å². The van der Waals surface area contributed by atoms with Crippen molar-refractivity contribution in [1.82, 2.24) is 9.55 Å². The first-order valence-corrected chi connectivity index (χ1v) is 4.56. The Morgan fingerprint density at radius 3 is 3.07 bits per heavy atom. The van der Waals surface area contributed by atoms with Crippen LogP contribution in [0, 0.1) is 5.82 Å². The van der Waals surface area contributed by atoms with Gasteiger partial charge in [-0.15, -0.1) is 6.58 Å². The Morgan fingerprint density at radius 2 is 2.36 bits per heavy atom. The summed E-state index contributed by atoms with van der Waals surface area (Å²) in [7, 11) is 0. The zero-order valence-corrected chi connectivity index (χ0v) is 7.95. The molecule has 1 rings (SSSR count). The fourth-order valence-corrected chi connectivity index (χ4v) is 1.15. The van der Waals surface area contributed by atoms with E-state index < -0.39 is 11.4 Å². The molecule has 0 saturated carbocycles. The lowest BCUT2D eigenvalue weighted by Crippen LogP contribution is -2.23. The highest BCUT2D eigenvalue weighted by molar-refractivity contribution is 4.86. The summed E-state index contributed by atoms with van der Waals surface area (Å²) in [4.78, 5) is 14.8. The van der Waals surface area contributed by atoms with Gasteiger partial charge in [0.1, 0.15) is 0 Å². The van der Waals surface area contributed by atoms with Crippen LogP contribution in [0.1, 0.15) is 19.3 Å². The van der Waals surface area contributed by atoms with Crippen molar-refractivity contribution in [2.45, 2.75) is 25.8 Å². The van der Waals surface area contributed by atoms with Crippen LogP contribution < -0.4 is 5.56 Å². The molecule has 0 atom stereocenters. The topological polar surface area (TPSA) is 34.9 Å². The molecule has 0 unspecified atom stereocenters. The zero-order chi connectivity index (χ0) is 10.4. The van der Waals surface area contributed by atoms with Crippen LogP contribution in [0.2, 0.25) is 0 Å². The first kappa shape index (κ1) is 10.6. The van der Waals surface area contributed by atoms with E-state index in [4.69, 9.17) is 0 Å². The zero-order valence-electron chi connectivity index (χ0n) is 7.95. The number of aryl methyl sites for hydroxylation is 1. The maximum atomic E-state index is 12.7. The molecular formula is C10H13FN2O.